The van der Waals surface area contributed by atoms with E-state index in [4.69, 9.17) is 16.0 Å². The van der Waals surface area contributed by atoms with Crippen molar-refractivity contribution in [2.45, 2.75) is 16.4 Å². The Bertz CT molecular complexity index is 1030. The lowest BCUT2D eigenvalue weighted by atomic mass is 10.00. The van der Waals surface area contributed by atoms with Crippen LogP contribution in [0.15, 0.2) is 52.2 Å². The minimum absolute atomic E-state index is 0.0702. The molecule has 0 amide bonds. The number of carbonyl (C=O) groups excluding carboxylic acids is 1. The zero-order valence-electron chi connectivity index (χ0n) is 15.9. The van der Waals surface area contributed by atoms with Gasteiger partial charge in [-0.25, -0.2) is 0 Å². The minimum Gasteiger partial charge on any atom is -0.461 e. The third-order valence-corrected chi connectivity index (χ3v) is 6.98. The molecule has 1 aromatic carbocycles. The predicted octanol–water partition coefficient (Wildman–Crippen LogP) is 3.29. The highest BCUT2D eigenvalue weighted by Gasteiger charge is 2.44. The Labute approximate surface area is 177 Å². The van der Waals surface area contributed by atoms with E-state index in [0.717, 1.165) is 31.7 Å². The fraction of sp³-hybridized carbons (Fsp3) is 0.350. The predicted molar refractivity (Wildman–Crippen MR) is 111 cm³/mol. The maximum absolute atomic E-state index is 13.3. The summed E-state index contributed by atoms with van der Waals surface area (Å²) in [6, 6.07) is 11.2. The lowest BCUT2D eigenvalue weighted by molar-refractivity contribution is 0.0767. The Hall–Kier alpha value is -2.13. The van der Waals surface area contributed by atoms with Gasteiger partial charge in [-0.15, -0.1) is 5.10 Å². The van der Waals surface area contributed by atoms with Crippen LogP contribution >= 0.6 is 23.4 Å². The molecule has 0 radical (unpaired) electrons. The van der Waals surface area contributed by atoms with Gasteiger partial charge in [0.05, 0.1) is 12.3 Å². The minimum atomic E-state index is -0.348. The molecule has 4 heterocycles. The lowest BCUT2D eigenvalue weighted by Gasteiger charge is -2.40. The number of thioether (sulfide) groups is 1. The van der Waals surface area contributed by atoms with Crippen molar-refractivity contribution in [3.8, 4) is 11.6 Å². The van der Waals surface area contributed by atoms with Gasteiger partial charge in [-0.1, -0.05) is 41.6 Å². The van der Waals surface area contributed by atoms with Crippen molar-refractivity contribution in [1.29, 1.82) is 0 Å². The second kappa shape index (κ2) is 7.60. The summed E-state index contributed by atoms with van der Waals surface area (Å²) < 4.78 is 6.78. The quantitative estimate of drug-likeness (QED) is 0.630. The van der Waals surface area contributed by atoms with Crippen LogP contribution in [0.3, 0.4) is 0 Å². The van der Waals surface area contributed by atoms with E-state index >= 15 is 0 Å². The van der Waals surface area contributed by atoms with Gasteiger partial charge in [0, 0.05) is 31.2 Å². The fourth-order valence-corrected chi connectivity index (χ4v) is 5.37. The molecule has 2 aliphatic heterocycles. The number of hydrogen-bond donors (Lipinski definition) is 0. The summed E-state index contributed by atoms with van der Waals surface area (Å²) in [5.41, 5.74) is 0.974. The second-order valence-electron chi connectivity index (χ2n) is 7.29. The van der Waals surface area contributed by atoms with Crippen molar-refractivity contribution in [2.75, 3.05) is 33.2 Å². The van der Waals surface area contributed by atoms with Gasteiger partial charge >= 0.3 is 0 Å². The average molecular weight is 430 g/mol. The summed E-state index contributed by atoms with van der Waals surface area (Å²) in [5.74, 6) is 0.913. The molecule has 2 atom stereocenters. The number of carbonyl (C=O) groups is 1. The van der Waals surface area contributed by atoms with E-state index in [1.165, 1.54) is 16.4 Å². The normalized spacial score (nSPS) is 21.4. The molecule has 7 nitrogen and oxygen atoms in total. The van der Waals surface area contributed by atoms with Gasteiger partial charge in [-0.05, 0) is 30.8 Å². The summed E-state index contributed by atoms with van der Waals surface area (Å²) in [4.78, 5) is 22.5. The molecular weight excluding hydrogens is 410 g/mol. The molecule has 1 saturated heterocycles. The summed E-state index contributed by atoms with van der Waals surface area (Å²) in [6.45, 7) is 3.67. The zero-order valence-corrected chi connectivity index (χ0v) is 17.4. The molecule has 150 valence electrons. The maximum Gasteiger partial charge on any atom is 0.264 e. The Morgan fingerprint density at radius 3 is 2.66 bits per heavy atom. The third-order valence-electron chi connectivity index (χ3n) is 5.45. The van der Waals surface area contributed by atoms with Gasteiger partial charge in [0.25, 0.3) is 5.91 Å². The van der Waals surface area contributed by atoms with E-state index in [2.05, 4.69) is 26.9 Å². The first-order chi connectivity index (χ1) is 14.1. The van der Waals surface area contributed by atoms with E-state index in [0.29, 0.717) is 21.8 Å². The van der Waals surface area contributed by atoms with Crippen molar-refractivity contribution in [3.05, 3.63) is 53.2 Å². The Kier molecular flexibility index (Phi) is 4.95. The van der Waals surface area contributed by atoms with E-state index < -0.39 is 0 Å². The second-order valence-corrected chi connectivity index (χ2v) is 8.81. The Morgan fingerprint density at radius 2 is 1.97 bits per heavy atom. The molecule has 0 aliphatic carbocycles. The SMILES string of the molecule is CN1CCN(C(c2ccccc2Cl)C2Sc3nc(-c4ccco4)nn3C2=O)CC1. The van der Waals surface area contributed by atoms with Crippen molar-refractivity contribution in [1.82, 2.24) is 24.6 Å². The Balaban J connectivity index is 1.48. The number of piperazine rings is 1. The molecule has 0 N–H and O–H groups in total. The molecule has 3 aromatic rings. The van der Waals surface area contributed by atoms with Crippen molar-refractivity contribution in [3.63, 3.8) is 0 Å². The number of nitrogens with zero attached hydrogens (tertiary/aromatic N) is 5. The van der Waals surface area contributed by atoms with Crippen LogP contribution in [0.1, 0.15) is 16.4 Å². The number of likely N-dealkylation sites (N-methyl/N-ethyl adjacent to an activating group) is 1. The molecule has 29 heavy (non-hydrogen) atoms. The molecule has 0 saturated carbocycles. The van der Waals surface area contributed by atoms with Gasteiger partial charge < -0.3 is 9.32 Å². The highest BCUT2D eigenvalue weighted by molar-refractivity contribution is 8.00. The summed E-state index contributed by atoms with van der Waals surface area (Å²) in [6.07, 6.45) is 1.57. The Morgan fingerprint density at radius 1 is 1.17 bits per heavy atom. The van der Waals surface area contributed by atoms with Gasteiger partial charge in [0.15, 0.2) is 10.9 Å². The molecule has 2 unspecified atom stereocenters. The number of halogens is 1. The van der Waals surface area contributed by atoms with Gasteiger partial charge in [0.2, 0.25) is 5.82 Å². The first-order valence-corrected chi connectivity index (χ1v) is 10.8. The topological polar surface area (TPSA) is 67.4 Å². The van der Waals surface area contributed by atoms with Crippen LogP contribution in [0.2, 0.25) is 5.02 Å². The smallest absolute Gasteiger partial charge is 0.264 e. The van der Waals surface area contributed by atoms with E-state index in [1.807, 2.05) is 24.3 Å². The van der Waals surface area contributed by atoms with Crippen LogP contribution in [0.25, 0.3) is 11.6 Å². The number of aromatic nitrogens is 3. The van der Waals surface area contributed by atoms with Crippen LogP contribution in [0.4, 0.5) is 0 Å². The van der Waals surface area contributed by atoms with Gasteiger partial charge in [0.1, 0.15) is 5.25 Å². The van der Waals surface area contributed by atoms with Crippen LogP contribution in [0.5, 0.6) is 0 Å². The third kappa shape index (κ3) is 3.40. The monoisotopic (exact) mass is 429 g/mol. The highest BCUT2D eigenvalue weighted by atomic mass is 35.5. The summed E-state index contributed by atoms with van der Waals surface area (Å²) in [7, 11) is 2.12. The number of fused-ring (bicyclic) bond motifs is 1. The van der Waals surface area contributed by atoms with Gasteiger partial charge in [-0.3, -0.25) is 9.69 Å². The largest absolute Gasteiger partial charge is 0.461 e. The van der Waals surface area contributed by atoms with Crippen molar-refractivity contribution >= 4 is 29.3 Å². The standard InChI is InChI=1S/C20H20ClN5O2S/c1-24-8-10-25(11-9-24)16(13-5-2-3-6-14(13)21)17-19(27)26-20(29-17)22-18(23-26)15-7-4-12-28-15/h2-7,12,16-17H,8-11H2,1H3. The number of furan rings is 1. The maximum atomic E-state index is 13.3. The summed E-state index contributed by atoms with van der Waals surface area (Å²) >= 11 is 8.02. The van der Waals surface area contributed by atoms with Gasteiger partial charge in [-0.2, -0.15) is 9.67 Å². The van der Waals surface area contributed by atoms with E-state index in [-0.39, 0.29) is 17.2 Å². The molecule has 5 rings (SSSR count). The van der Waals surface area contributed by atoms with Crippen LogP contribution in [0, 0.1) is 0 Å². The average Bonchev–Trinajstić information content (AvgIpc) is 3.44. The van der Waals surface area contributed by atoms with Crippen LogP contribution in [-0.4, -0.2) is 68.9 Å². The number of hydrogen-bond acceptors (Lipinski definition) is 7. The molecule has 0 bridgehead atoms. The van der Waals surface area contributed by atoms with Crippen LogP contribution in [-0.2, 0) is 0 Å². The molecule has 9 heteroatoms. The van der Waals surface area contributed by atoms with E-state index in [1.54, 1.807) is 18.4 Å². The molecular formula is C20H20ClN5O2S. The van der Waals surface area contributed by atoms with E-state index in [9.17, 15) is 4.79 Å². The lowest BCUT2D eigenvalue weighted by Crippen LogP contribution is -2.49. The number of rotatable bonds is 4. The highest BCUT2D eigenvalue weighted by Crippen LogP contribution is 2.43. The fourth-order valence-electron chi connectivity index (χ4n) is 3.88. The zero-order chi connectivity index (χ0) is 20.0. The number of benzene rings is 1. The summed E-state index contributed by atoms with van der Waals surface area (Å²) in [5, 5.41) is 5.33. The van der Waals surface area contributed by atoms with Crippen LogP contribution < -0.4 is 0 Å². The molecule has 0 spiro atoms. The first kappa shape index (κ1) is 18.9. The molecule has 1 fully saturated rings. The van der Waals surface area contributed by atoms with Crippen molar-refractivity contribution in [2.24, 2.45) is 0 Å². The first-order valence-electron chi connectivity index (χ1n) is 9.50. The van der Waals surface area contributed by atoms with Crippen molar-refractivity contribution < 1.29 is 9.21 Å². The molecule has 2 aromatic heterocycles. The molecule has 2 aliphatic rings.